The molecular formula is C28H34O8. The zero-order valence-corrected chi connectivity index (χ0v) is 21.8. The highest BCUT2D eigenvalue weighted by molar-refractivity contribution is 5.97. The Morgan fingerprint density at radius 3 is 1.81 bits per heavy atom. The Hall–Kier alpha value is -3.49. The molecule has 2 aromatic carbocycles. The maximum atomic E-state index is 13.9. The maximum Gasteiger partial charge on any atom is 0.204 e. The van der Waals surface area contributed by atoms with Crippen molar-refractivity contribution in [1.82, 2.24) is 0 Å². The topological polar surface area (TPSA) is 119 Å². The lowest BCUT2D eigenvalue weighted by Gasteiger charge is -2.17. The molecule has 0 fully saturated rings. The Labute approximate surface area is 210 Å². The fourth-order valence-corrected chi connectivity index (χ4v) is 4.08. The van der Waals surface area contributed by atoms with Crippen LogP contribution in [0.2, 0.25) is 0 Å². The highest BCUT2D eigenvalue weighted by Gasteiger charge is 2.24. The van der Waals surface area contributed by atoms with E-state index in [0.29, 0.717) is 28.4 Å². The standard InChI is InChI=1S/C28H34O8/c1-27(2,31)12-8-10-16-18(33-5)14-20-23(24(16)29)25(30)22-17(11-9-13-28(3,4)32)26(35-7)21(34-6)15-19(22)36-20/h8-9,12-15,29,31-32H,10-11H2,1-7H3/b12-8+,13-9+. The summed E-state index contributed by atoms with van der Waals surface area (Å²) < 4.78 is 22.6. The third-order valence-electron chi connectivity index (χ3n) is 5.65. The monoisotopic (exact) mass is 498 g/mol. The molecule has 0 radical (unpaired) electrons. The van der Waals surface area contributed by atoms with E-state index >= 15 is 0 Å². The second-order valence-corrected chi connectivity index (χ2v) is 9.69. The number of hydrogen-bond acceptors (Lipinski definition) is 8. The van der Waals surface area contributed by atoms with Gasteiger partial charge in [0.1, 0.15) is 28.1 Å². The van der Waals surface area contributed by atoms with Gasteiger partial charge in [0.2, 0.25) is 5.43 Å². The first-order valence-electron chi connectivity index (χ1n) is 11.5. The maximum absolute atomic E-state index is 13.9. The zero-order chi connectivity index (χ0) is 26.8. The summed E-state index contributed by atoms with van der Waals surface area (Å²) in [5, 5.41) is 31.5. The number of aromatic hydroxyl groups is 1. The van der Waals surface area contributed by atoms with Crippen LogP contribution in [0.3, 0.4) is 0 Å². The van der Waals surface area contributed by atoms with Crippen LogP contribution in [0.1, 0.15) is 38.8 Å². The average Bonchev–Trinajstić information content (AvgIpc) is 2.77. The lowest BCUT2D eigenvalue weighted by Crippen LogP contribution is -2.14. The summed E-state index contributed by atoms with van der Waals surface area (Å²) >= 11 is 0. The van der Waals surface area contributed by atoms with Crippen molar-refractivity contribution in [3.8, 4) is 23.0 Å². The molecule has 3 N–H and O–H groups in total. The Bertz CT molecular complexity index is 1380. The smallest absolute Gasteiger partial charge is 0.204 e. The fourth-order valence-electron chi connectivity index (χ4n) is 4.08. The summed E-state index contributed by atoms with van der Waals surface area (Å²) in [5.41, 5.74) is -1.21. The predicted octanol–water partition coefficient (Wildman–Crippen LogP) is 4.42. The predicted molar refractivity (Wildman–Crippen MR) is 140 cm³/mol. The minimum Gasteiger partial charge on any atom is -0.507 e. The van der Waals surface area contributed by atoms with Crippen LogP contribution in [0.25, 0.3) is 21.9 Å². The number of benzene rings is 2. The van der Waals surface area contributed by atoms with Gasteiger partial charge in [0.25, 0.3) is 0 Å². The molecule has 0 aliphatic heterocycles. The number of hydrogen-bond donors (Lipinski definition) is 3. The number of methoxy groups -OCH3 is 3. The van der Waals surface area contributed by atoms with E-state index in [1.54, 1.807) is 64.1 Å². The molecule has 8 heteroatoms. The van der Waals surface area contributed by atoms with Crippen molar-refractivity contribution in [2.45, 2.75) is 51.7 Å². The summed E-state index contributed by atoms with van der Waals surface area (Å²) in [7, 11) is 4.43. The van der Waals surface area contributed by atoms with Crippen molar-refractivity contribution < 1.29 is 33.9 Å². The molecule has 8 nitrogen and oxygen atoms in total. The number of phenolic OH excluding ortho intramolecular Hbond substituents is 1. The van der Waals surface area contributed by atoms with Crippen molar-refractivity contribution in [2.24, 2.45) is 0 Å². The van der Waals surface area contributed by atoms with Crippen LogP contribution in [-0.2, 0) is 12.8 Å². The van der Waals surface area contributed by atoms with Crippen LogP contribution >= 0.6 is 0 Å². The largest absolute Gasteiger partial charge is 0.507 e. The molecule has 3 aromatic rings. The Kier molecular flexibility index (Phi) is 7.71. The van der Waals surface area contributed by atoms with Gasteiger partial charge in [0.15, 0.2) is 11.5 Å². The van der Waals surface area contributed by atoms with Crippen molar-refractivity contribution in [3.63, 3.8) is 0 Å². The molecule has 3 rings (SSSR count). The van der Waals surface area contributed by atoms with Gasteiger partial charge < -0.3 is 33.9 Å². The summed E-state index contributed by atoms with van der Waals surface area (Å²) in [6.07, 6.45) is 7.13. The fraction of sp³-hybridized carbons (Fsp3) is 0.393. The first kappa shape index (κ1) is 27.1. The van der Waals surface area contributed by atoms with E-state index in [4.69, 9.17) is 18.6 Å². The minimum atomic E-state index is -1.04. The van der Waals surface area contributed by atoms with Crippen molar-refractivity contribution in [2.75, 3.05) is 21.3 Å². The Morgan fingerprint density at radius 1 is 0.806 bits per heavy atom. The van der Waals surface area contributed by atoms with Crippen molar-refractivity contribution in [1.29, 1.82) is 0 Å². The van der Waals surface area contributed by atoms with Crippen LogP contribution in [0, 0.1) is 0 Å². The molecule has 36 heavy (non-hydrogen) atoms. The van der Waals surface area contributed by atoms with Gasteiger partial charge in [-0.15, -0.1) is 0 Å². The molecule has 0 bridgehead atoms. The SMILES string of the molecule is COc1cc2oc3cc(OC)c(OC)c(C/C=C/C(C)(C)O)c3c(=O)c2c(O)c1C/C=C/C(C)(C)O. The molecule has 0 aliphatic rings. The van der Waals surface area contributed by atoms with Gasteiger partial charge in [0.05, 0.1) is 37.9 Å². The number of aliphatic hydroxyl groups is 2. The van der Waals surface area contributed by atoms with Gasteiger partial charge in [-0.05, 0) is 40.5 Å². The molecule has 0 unspecified atom stereocenters. The highest BCUT2D eigenvalue weighted by atomic mass is 16.5. The number of ether oxygens (including phenoxy) is 3. The van der Waals surface area contributed by atoms with Crippen LogP contribution in [0.5, 0.6) is 23.0 Å². The van der Waals surface area contributed by atoms with E-state index in [1.165, 1.54) is 21.3 Å². The van der Waals surface area contributed by atoms with Gasteiger partial charge in [-0.25, -0.2) is 0 Å². The number of phenols is 1. The summed E-state index contributed by atoms with van der Waals surface area (Å²) in [6, 6.07) is 3.13. The second-order valence-electron chi connectivity index (χ2n) is 9.69. The van der Waals surface area contributed by atoms with Crippen LogP contribution in [0.15, 0.2) is 45.6 Å². The van der Waals surface area contributed by atoms with Crippen LogP contribution in [-0.4, -0.2) is 47.9 Å². The lowest BCUT2D eigenvalue weighted by molar-refractivity contribution is 0.132. The first-order valence-corrected chi connectivity index (χ1v) is 11.5. The number of allylic oxidation sites excluding steroid dienone is 2. The van der Waals surface area contributed by atoms with Crippen LogP contribution < -0.4 is 19.6 Å². The van der Waals surface area contributed by atoms with Gasteiger partial charge in [0, 0.05) is 23.3 Å². The molecule has 1 heterocycles. The van der Waals surface area contributed by atoms with Gasteiger partial charge >= 0.3 is 0 Å². The first-order chi connectivity index (χ1) is 16.8. The molecule has 0 saturated heterocycles. The lowest BCUT2D eigenvalue weighted by atomic mass is 9.98. The van der Waals surface area contributed by atoms with Gasteiger partial charge in [-0.1, -0.05) is 24.3 Å². The van der Waals surface area contributed by atoms with Gasteiger partial charge in [-0.3, -0.25) is 4.79 Å². The van der Waals surface area contributed by atoms with E-state index in [-0.39, 0.29) is 40.5 Å². The quantitative estimate of drug-likeness (QED) is 0.293. The highest BCUT2D eigenvalue weighted by Crippen LogP contribution is 2.41. The third-order valence-corrected chi connectivity index (χ3v) is 5.65. The summed E-state index contributed by atoms with van der Waals surface area (Å²) in [6.45, 7) is 6.56. The second kappa shape index (κ2) is 10.2. The zero-order valence-electron chi connectivity index (χ0n) is 21.8. The normalized spacial score (nSPS) is 12.8. The van der Waals surface area contributed by atoms with E-state index in [1.807, 2.05) is 0 Å². The molecule has 0 aliphatic carbocycles. The molecule has 0 spiro atoms. The number of rotatable bonds is 9. The average molecular weight is 499 g/mol. The van der Waals surface area contributed by atoms with Crippen molar-refractivity contribution >= 4 is 21.9 Å². The van der Waals surface area contributed by atoms with Gasteiger partial charge in [-0.2, -0.15) is 0 Å². The molecular weight excluding hydrogens is 464 g/mol. The summed E-state index contributed by atoms with van der Waals surface area (Å²) in [5.74, 6) is 0.826. The van der Waals surface area contributed by atoms with Crippen LogP contribution in [0.4, 0.5) is 0 Å². The van der Waals surface area contributed by atoms with Crippen molar-refractivity contribution in [3.05, 3.63) is 57.8 Å². The molecule has 0 amide bonds. The molecule has 0 saturated carbocycles. The summed E-state index contributed by atoms with van der Waals surface area (Å²) in [4.78, 5) is 13.9. The Balaban J connectivity index is 2.37. The molecule has 194 valence electrons. The molecule has 0 atom stereocenters. The Morgan fingerprint density at radius 2 is 1.31 bits per heavy atom. The van der Waals surface area contributed by atoms with E-state index in [0.717, 1.165) is 0 Å². The van der Waals surface area contributed by atoms with E-state index < -0.39 is 16.6 Å². The minimum absolute atomic E-state index is 0.00916. The molecule has 1 aromatic heterocycles. The number of fused-ring (bicyclic) bond motifs is 2. The third kappa shape index (κ3) is 5.66. The van der Waals surface area contributed by atoms with E-state index in [9.17, 15) is 20.1 Å². The van der Waals surface area contributed by atoms with E-state index in [2.05, 4.69) is 0 Å².